The summed E-state index contributed by atoms with van der Waals surface area (Å²) in [7, 11) is 0. The predicted octanol–water partition coefficient (Wildman–Crippen LogP) is 2.77. The van der Waals surface area contributed by atoms with E-state index < -0.39 is 0 Å². The van der Waals surface area contributed by atoms with Crippen molar-refractivity contribution < 1.29 is 0 Å². The van der Waals surface area contributed by atoms with Gasteiger partial charge < -0.3 is 5.32 Å². The van der Waals surface area contributed by atoms with Crippen LogP contribution in [0.4, 0.5) is 0 Å². The second-order valence-corrected chi connectivity index (χ2v) is 2.89. The van der Waals surface area contributed by atoms with Crippen LogP contribution in [-0.2, 0) is 0 Å². The van der Waals surface area contributed by atoms with Crippen molar-refractivity contribution in [3.05, 3.63) is 0 Å². The SMILES string of the molecule is CCNC1CCCCC1.Cl.Cl. The summed E-state index contributed by atoms with van der Waals surface area (Å²) in [5.74, 6) is 0. The van der Waals surface area contributed by atoms with Crippen molar-refractivity contribution in [2.45, 2.75) is 45.1 Å². The molecule has 0 aromatic rings. The van der Waals surface area contributed by atoms with Gasteiger partial charge in [-0.05, 0) is 19.4 Å². The Balaban J connectivity index is 0. The van der Waals surface area contributed by atoms with E-state index in [2.05, 4.69) is 12.2 Å². The molecule has 0 saturated heterocycles. The van der Waals surface area contributed by atoms with Gasteiger partial charge in [-0.15, -0.1) is 24.8 Å². The molecule has 1 aliphatic rings. The van der Waals surface area contributed by atoms with Crippen LogP contribution in [0.3, 0.4) is 0 Å². The Hall–Kier alpha value is 0.540. The van der Waals surface area contributed by atoms with Crippen molar-refractivity contribution in [2.24, 2.45) is 0 Å². The lowest BCUT2D eigenvalue weighted by molar-refractivity contribution is 0.380. The van der Waals surface area contributed by atoms with Gasteiger partial charge in [0, 0.05) is 6.04 Å². The molecule has 0 atom stereocenters. The molecule has 0 spiro atoms. The number of hydrogen-bond donors (Lipinski definition) is 1. The zero-order chi connectivity index (χ0) is 6.53. The Morgan fingerprint density at radius 1 is 1.09 bits per heavy atom. The van der Waals surface area contributed by atoms with Gasteiger partial charge in [-0.2, -0.15) is 0 Å². The first kappa shape index (κ1) is 14.1. The van der Waals surface area contributed by atoms with Gasteiger partial charge in [-0.25, -0.2) is 0 Å². The summed E-state index contributed by atoms with van der Waals surface area (Å²) in [6.07, 6.45) is 7.17. The van der Waals surface area contributed by atoms with Crippen LogP contribution >= 0.6 is 24.8 Å². The molecule has 3 heteroatoms. The molecule has 1 saturated carbocycles. The van der Waals surface area contributed by atoms with Gasteiger partial charge in [0.1, 0.15) is 0 Å². The predicted molar refractivity (Wildman–Crippen MR) is 55.0 cm³/mol. The maximum atomic E-state index is 3.48. The lowest BCUT2D eigenvalue weighted by Crippen LogP contribution is -2.30. The molecule has 0 heterocycles. The minimum absolute atomic E-state index is 0. The molecule has 1 nitrogen and oxygen atoms in total. The number of rotatable bonds is 2. The van der Waals surface area contributed by atoms with Gasteiger partial charge >= 0.3 is 0 Å². The quantitative estimate of drug-likeness (QED) is 0.722. The van der Waals surface area contributed by atoms with Crippen LogP contribution in [0.1, 0.15) is 39.0 Å². The van der Waals surface area contributed by atoms with Gasteiger partial charge in [-0.3, -0.25) is 0 Å². The summed E-state index contributed by atoms with van der Waals surface area (Å²) < 4.78 is 0. The van der Waals surface area contributed by atoms with E-state index in [4.69, 9.17) is 0 Å². The largest absolute Gasteiger partial charge is 0.314 e. The zero-order valence-electron chi connectivity index (χ0n) is 7.14. The van der Waals surface area contributed by atoms with Crippen LogP contribution in [0.2, 0.25) is 0 Å². The molecule has 11 heavy (non-hydrogen) atoms. The van der Waals surface area contributed by atoms with Crippen LogP contribution in [0, 0.1) is 0 Å². The smallest absolute Gasteiger partial charge is 0.00669 e. The molecule has 1 rings (SSSR count). The number of halogens is 2. The molecule has 0 aliphatic heterocycles. The minimum atomic E-state index is 0. The van der Waals surface area contributed by atoms with Crippen LogP contribution < -0.4 is 5.32 Å². The van der Waals surface area contributed by atoms with Crippen molar-refractivity contribution in [3.63, 3.8) is 0 Å². The molecular formula is C8H19Cl2N. The molecule has 70 valence electrons. The highest BCUT2D eigenvalue weighted by atomic mass is 35.5. The summed E-state index contributed by atoms with van der Waals surface area (Å²) in [6.45, 7) is 3.33. The lowest BCUT2D eigenvalue weighted by Gasteiger charge is -2.21. The second kappa shape index (κ2) is 8.63. The topological polar surface area (TPSA) is 12.0 Å². The van der Waals surface area contributed by atoms with Crippen molar-refractivity contribution in [1.29, 1.82) is 0 Å². The third kappa shape index (κ3) is 5.77. The minimum Gasteiger partial charge on any atom is -0.314 e. The Kier molecular flexibility index (Phi) is 11.1. The average Bonchev–Trinajstić information content (AvgIpc) is 1.91. The molecule has 0 aromatic heterocycles. The van der Waals surface area contributed by atoms with Crippen LogP contribution in [0.15, 0.2) is 0 Å². The van der Waals surface area contributed by atoms with E-state index in [1.165, 1.54) is 32.1 Å². The van der Waals surface area contributed by atoms with Gasteiger partial charge in [0.2, 0.25) is 0 Å². The van der Waals surface area contributed by atoms with Crippen molar-refractivity contribution in [1.82, 2.24) is 5.32 Å². The molecule has 0 unspecified atom stereocenters. The summed E-state index contributed by atoms with van der Waals surface area (Å²) in [5, 5.41) is 3.48. The summed E-state index contributed by atoms with van der Waals surface area (Å²) >= 11 is 0. The highest BCUT2D eigenvalue weighted by Crippen LogP contribution is 2.16. The lowest BCUT2D eigenvalue weighted by atomic mass is 9.96. The molecule has 0 bridgehead atoms. The van der Waals surface area contributed by atoms with E-state index >= 15 is 0 Å². The highest BCUT2D eigenvalue weighted by Gasteiger charge is 2.10. The summed E-state index contributed by atoms with van der Waals surface area (Å²) in [5.41, 5.74) is 0. The average molecular weight is 200 g/mol. The maximum Gasteiger partial charge on any atom is 0.00669 e. The first-order valence-corrected chi connectivity index (χ1v) is 4.17. The number of nitrogens with one attached hydrogen (secondary N) is 1. The van der Waals surface area contributed by atoms with Crippen molar-refractivity contribution in [3.8, 4) is 0 Å². The van der Waals surface area contributed by atoms with Crippen LogP contribution in [0.25, 0.3) is 0 Å². The Morgan fingerprint density at radius 3 is 2.09 bits per heavy atom. The van der Waals surface area contributed by atoms with E-state index in [9.17, 15) is 0 Å². The monoisotopic (exact) mass is 199 g/mol. The Morgan fingerprint density at radius 2 is 1.64 bits per heavy atom. The maximum absolute atomic E-state index is 3.48. The standard InChI is InChI=1S/C8H17N.2ClH/c1-2-9-8-6-4-3-5-7-8;;/h8-9H,2-7H2,1H3;2*1H. The van der Waals surface area contributed by atoms with E-state index in [1.807, 2.05) is 0 Å². The molecule has 1 fully saturated rings. The molecule has 0 amide bonds. The first-order chi connectivity index (χ1) is 4.43. The Bertz CT molecular complexity index is 69.7. The molecule has 0 aromatic carbocycles. The fraction of sp³-hybridized carbons (Fsp3) is 1.00. The number of hydrogen-bond acceptors (Lipinski definition) is 1. The fourth-order valence-electron chi connectivity index (χ4n) is 1.60. The molecule has 1 aliphatic carbocycles. The summed E-state index contributed by atoms with van der Waals surface area (Å²) in [4.78, 5) is 0. The molecule has 1 N–H and O–H groups in total. The highest BCUT2D eigenvalue weighted by molar-refractivity contribution is 5.85. The molecular weight excluding hydrogens is 181 g/mol. The first-order valence-electron chi connectivity index (χ1n) is 4.17. The van der Waals surface area contributed by atoms with E-state index in [0.717, 1.165) is 12.6 Å². The Labute approximate surface area is 82.1 Å². The molecule has 0 radical (unpaired) electrons. The van der Waals surface area contributed by atoms with Gasteiger partial charge in [0.05, 0.1) is 0 Å². The third-order valence-electron chi connectivity index (χ3n) is 2.10. The van der Waals surface area contributed by atoms with E-state index in [0.29, 0.717) is 0 Å². The normalized spacial score (nSPS) is 18.3. The van der Waals surface area contributed by atoms with Gasteiger partial charge in [-0.1, -0.05) is 26.2 Å². The second-order valence-electron chi connectivity index (χ2n) is 2.89. The van der Waals surface area contributed by atoms with Gasteiger partial charge in [0.25, 0.3) is 0 Å². The van der Waals surface area contributed by atoms with Gasteiger partial charge in [0.15, 0.2) is 0 Å². The van der Waals surface area contributed by atoms with Crippen molar-refractivity contribution in [2.75, 3.05) is 6.54 Å². The fourth-order valence-corrected chi connectivity index (χ4v) is 1.60. The van der Waals surface area contributed by atoms with Crippen molar-refractivity contribution >= 4 is 24.8 Å². The zero-order valence-corrected chi connectivity index (χ0v) is 8.77. The third-order valence-corrected chi connectivity index (χ3v) is 2.10. The van der Waals surface area contributed by atoms with E-state index in [1.54, 1.807) is 0 Å². The van der Waals surface area contributed by atoms with E-state index in [-0.39, 0.29) is 24.8 Å². The van der Waals surface area contributed by atoms with Crippen LogP contribution in [-0.4, -0.2) is 12.6 Å². The summed E-state index contributed by atoms with van der Waals surface area (Å²) in [6, 6.07) is 0.851. The van der Waals surface area contributed by atoms with Crippen LogP contribution in [0.5, 0.6) is 0 Å².